The van der Waals surface area contributed by atoms with E-state index in [4.69, 9.17) is 5.26 Å². The quantitative estimate of drug-likeness (QED) is 0.679. The van der Waals surface area contributed by atoms with E-state index in [0.717, 1.165) is 5.56 Å². The van der Waals surface area contributed by atoms with Gasteiger partial charge in [0.25, 0.3) is 5.69 Å². The maximum atomic E-state index is 10.8. The number of nitrogens with zero attached hydrogens (tertiary/aromatic N) is 3. The minimum absolute atomic E-state index is 0.0508. The molecule has 2 rings (SSSR count). The lowest BCUT2D eigenvalue weighted by atomic mass is 10.1. The molecule has 1 N–H and O–H groups in total. The second-order valence-corrected chi connectivity index (χ2v) is 4.24. The molecule has 0 fully saturated rings. The summed E-state index contributed by atoms with van der Waals surface area (Å²) in [5.74, 6) is 0.558. The second kappa shape index (κ2) is 5.80. The molecule has 6 heteroatoms. The highest BCUT2D eigenvalue weighted by atomic mass is 16.6. The molecule has 0 aliphatic heterocycles. The minimum Gasteiger partial charge on any atom is -0.364 e. The summed E-state index contributed by atoms with van der Waals surface area (Å²) in [7, 11) is 0. The molecule has 1 heterocycles. The smallest absolute Gasteiger partial charge is 0.269 e. The van der Waals surface area contributed by atoms with Gasteiger partial charge < -0.3 is 5.32 Å². The van der Waals surface area contributed by atoms with Crippen molar-refractivity contribution in [3.8, 4) is 6.07 Å². The van der Waals surface area contributed by atoms with Gasteiger partial charge in [0.15, 0.2) is 0 Å². The van der Waals surface area contributed by atoms with Crippen molar-refractivity contribution in [3.63, 3.8) is 0 Å². The number of pyridine rings is 1. The summed E-state index contributed by atoms with van der Waals surface area (Å²) >= 11 is 0. The molecule has 0 aliphatic carbocycles. The van der Waals surface area contributed by atoms with Crippen LogP contribution in [0.1, 0.15) is 24.2 Å². The molecule has 1 aromatic heterocycles. The van der Waals surface area contributed by atoms with Crippen LogP contribution in [0.3, 0.4) is 0 Å². The lowest BCUT2D eigenvalue weighted by molar-refractivity contribution is -0.384. The first-order chi connectivity index (χ1) is 9.60. The molecular weight excluding hydrogens is 256 g/mol. The predicted octanol–water partition coefficient (Wildman–Crippen LogP) is 3.03. The summed E-state index contributed by atoms with van der Waals surface area (Å²) in [6.07, 6.45) is 0. The molecule has 1 atom stereocenters. The van der Waals surface area contributed by atoms with Gasteiger partial charge in [-0.2, -0.15) is 5.26 Å². The van der Waals surface area contributed by atoms with Gasteiger partial charge in [-0.25, -0.2) is 4.98 Å². The molecule has 0 aliphatic rings. The molecule has 20 heavy (non-hydrogen) atoms. The summed E-state index contributed by atoms with van der Waals surface area (Å²) in [5.41, 5.74) is 1.15. The van der Waals surface area contributed by atoms with E-state index in [0.29, 0.717) is 11.5 Å². The number of anilines is 1. The number of rotatable bonds is 4. The van der Waals surface area contributed by atoms with Crippen LogP contribution in [0.25, 0.3) is 0 Å². The van der Waals surface area contributed by atoms with Crippen LogP contribution in [0.2, 0.25) is 0 Å². The highest BCUT2D eigenvalue weighted by Crippen LogP contribution is 2.22. The molecule has 2 aromatic rings. The van der Waals surface area contributed by atoms with Crippen LogP contribution in [0.5, 0.6) is 0 Å². The number of hydrogen-bond acceptors (Lipinski definition) is 5. The maximum Gasteiger partial charge on any atom is 0.269 e. The van der Waals surface area contributed by atoms with E-state index < -0.39 is 4.92 Å². The lowest BCUT2D eigenvalue weighted by Crippen LogP contribution is -2.08. The standard InChI is InChI=1S/C14H12N4O2/c1-10(11-4-2-6-13(8-11)18(19)20)16-14-7-3-5-12(9-15)17-14/h2-8,10H,1H3,(H,16,17)/t10-/m0/s1. The Bertz CT molecular complexity index is 679. The third kappa shape index (κ3) is 3.09. The first-order valence-corrected chi connectivity index (χ1v) is 5.98. The minimum atomic E-state index is -0.426. The van der Waals surface area contributed by atoms with Gasteiger partial charge in [0.2, 0.25) is 0 Å². The summed E-state index contributed by atoms with van der Waals surface area (Å²) in [4.78, 5) is 14.4. The van der Waals surface area contributed by atoms with Gasteiger partial charge in [0.1, 0.15) is 17.6 Å². The zero-order valence-electron chi connectivity index (χ0n) is 10.8. The Balaban J connectivity index is 2.19. The summed E-state index contributed by atoms with van der Waals surface area (Å²) in [6, 6.07) is 13.3. The fraction of sp³-hybridized carbons (Fsp3) is 0.143. The van der Waals surface area contributed by atoms with Crippen LogP contribution in [-0.4, -0.2) is 9.91 Å². The molecule has 0 unspecified atom stereocenters. The van der Waals surface area contributed by atoms with Gasteiger partial charge in [0, 0.05) is 12.1 Å². The number of aromatic nitrogens is 1. The molecule has 1 aromatic carbocycles. The molecular formula is C14H12N4O2. The Hall–Kier alpha value is -2.94. The maximum absolute atomic E-state index is 10.8. The van der Waals surface area contributed by atoms with Crippen molar-refractivity contribution in [3.05, 3.63) is 63.8 Å². The third-order valence-corrected chi connectivity index (χ3v) is 2.81. The molecule has 0 bridgehead atoms. The first kappa shape index (κ1) is 13.5. The van der Waals surface area contributed by atoms with Crippen LogP contribution in [-0.2, 0) is 0 Å². The van der Waals surface area contributed by atoms with Crippen LogP contribution in [0.4, 0.5) is 11.5 Å². The number of nitriles is 1. The largest absolute Gasteiger partial charge is 0.364 e. The monoisotopic (exact) mass is 268 g/mol. The van der Waals surface area contributed by atoms with Crippen molar-refractivity contribution in [1.82, 2.24) is 4.98 Å². The van der Waals surface area contributed by atoms with Crippen LogP contribution in [0, 0.1) is 21.4 Å². The van der Waals surface area contributed by atoms with Gasteiger partial charge in [0.05, 0.1) is 11.0 Å². The Kier molecular flexibility index (Phi) is 3.91. The van der Waals surface area contributed by atoms with Crippen LogP contribution < -0.4 is 5.32 Å². The number of nitrogens with one attached hydrogen (secondary N) is 1. The lowest BCUT2D eigenvalue weighted by Gasteiger charge is -2.14. The van der Waals surface area contributed by atoms with Gasteiger partial charge in [-0.15, -0.1) is 0 Å². The molecule has 100 valence electrons. The van der Waals surface area contributed by atoms with E-state index in [1.165, 1.54) is 12.1 Å². The SMILES string of the molecule is C[C@H](Nc1cccc(C#N)n1)c1cccc([N+](=O)[O-])c1. The number of nitro benzene ring substituents is 1. The van der Waals surface area contributed by atoms with E-state index in [1.807, 2.05) is 13.0 Å². The summed E-state index contributed by atoms with van der Waals surface area (Å²) in [6.45, 7) is 1.87. The van der Waals surface area contributed by atoms with Crippen molar-refractivity contribution < 1.29 is 4.92 Å². The fourth-order valence-corrected chi connectivity index (χ4v) is 1.79. The summed E-state index contributed by atoms with van der Waals surface area (Å²) in [5, 5.41) is 22.7. The van der Waals surface area contributed by atoms with Crippen LogP contribution >= 0.6 is 0 Å². The number of benzene rings is 1. The fourth-order valence-electron chi connectivity index (χ4n) is 1.79. The third-order valence-electron chi connectivity index (χ3n) is 2.81. The molecule has 6 nitrogen and oxygen atoms in total. The number of nitro groups is 1. The average Bonchev–Trinajstić information content (AvgIpc) is 2.47. The Morgan fingerprint density at radius 3 is 2.80 bits per heavy atom. The topological polar surface area (TPSA) is 91.8 Å². The zero-order valence-corrected chi connectivity index (χ0v) is 10.8. The van der Waals surface area contributed by atoms with Crippen molar-refractivity contribution in [1.29, 1.82) is 5.26 Å². The highest BCUT2D eigenvalue weighted by Gasteiger charge is 2.11. The van der Waals surface area contributed by atoms with E-state index in [-0.39, 0.29) is 11.7 Å². The second-order valence-electron chi connectivity index (χ2n) is 4.24. The van der Waals surface area contributed by atoms with E-state index in [2.05, 4.69) is 10.3 Å². The molecule has 0 saturated heterocycles. The molecule has 0 amide bonds. The number of non-ortho nitro benzene ring substituents is 1. The Morgan fingerprint density at radius 1 is 1.35 bits per heavy atom. The molecule has 0 saturated carbocycles. The van der Waals surface area contributed by atoms with Gasteiger partial charge in [-0.1, -0.05) is 18.2 Å². The van der Waals surface area contributed by atoms with Crippen molar-refractivity contribution in [2.75, 3.05) is 5.32 Å². The summed E-state index contributed by atoms with van der Waals surface area (Å²) < 4.78 is 0. The Labute approximate surface area is 115 Å². The molecule has 0 spiro atoms. The normalized spacial score (nSPS) is 11.4. The van der Waals surface area contributed by atoms with E-state index in [9.17, 15) is 10.1 Å². The van der Waals surface area contributed by atoms with Crippen molar-refractivity contribution >= 4 is 11.5 Å². The van der Waals surface area contributed by atoms with E-state index in [1.54, 1.807) is 30.3 Å². The van der Waals surface area contributed by atoms with Crippen LogP contribution in [0.15, 0.2) is 42.5 Å². The Morgan fingerprint density at radius 2 is 2.10 bits per heavy atom. The zero-order chi connectivity index (χ0) is 14.5. The predicted molar refractivity (Wildman–Crippen MR) is 74.1 cm³/mol. The van der Waals surface area contributed by atoms with Crippen molar-refractivity contribution in [2.24, 2.45) is 0 Å². The average molecular weight is 268 g/mol. The van der Waals surface area contributed by atoms with E-state index >= 15 is 0 Å². The number of hydrogen-bond donors (Lipinski definition) is 1. The van der Waals surface area contributed by atoms with Gasteiger partial charge >= 0.3 is 0 Å². The first-order valence-electron chi connectivity index (χ1n) is 5.98. The van der Waals surface area contributed by atoms with Crippen molar-refractivity contribution in [2.45, 2.75) is 13.0 Å². The highest BCUT2D eigenvalue weighted by molar-refractivity contribution is 5.43. The van der Waals surface area contributed by atoms with Gasteiger partial charge in [-0.3, -0.25) is 10.1 Å². The molecule has 0 radical (unpaired) electrons. The van der Waals surface area contributed by atoms with Gasteiger partial charge in [-0.05, 0) is 24.6 Å².